The molecule has 0 aliphatic carbocycles. The van der Waals surface area contributed by atoms with Crippen LogP contribution in [0.4, 0.5) is 4.39 Å². The zero-order chi connectivity index (χ0) is 18.5. The summed E-state index contributed by atoms with van der Waals surface area (Å²) in [6, 6.07) is 2.36. The monoisotopic (exact) mass is 417 g/mol. The molecule has 1 aromatic rings. The Morgan fingerprint density at radius 3 is 2.58 bits per heavy atom. The van der Waals surface area contributed by atoms with Crippen molar-refractivity contribution in [2.75, 3.05) is 0 Å². The van der Waals surface area contributed by atoms with Crippen LogP contribution < -0.4 is 0 Å². The van der Waals surface area contributed by atoms with Crippen LogP contribution in [0.3, 0.4) is 0 Å². The lowest BCUT2D eigenvalue weighted by Gasteiger charge is -2.23. The molecule has 0 fully saturated rings. The van der Waals surface area contributed by atoms with Gasteiger partial charge in [0.2, 0.25) is 0 Å². The molecule has 0 aromatic heterocycles. The van der Waals surface area contributed by atoms with Crippen molar-refractivity contribution in [1.82, 2.24) is 0 Å². The number of nitrogens with zero attached hydrogens (tertiary/aromatic N) is 3. The molecule has 0 bridgehead atoms. The molecule has 0 aliphatic rings. The summed E-state index contributed by atoms with van der Waals surface area (Å²) < 4.78 is 19.6. The van der Waals surface area contributed by atoms with Gasteiger partial charge in [0, 0.05) is 14.3 Å². The smallest absolute Gasteiger partial charge is 0.319 e. The van der Waals surface area contributed by atoms with Crippen LogP contribution in [0.25, 0.3) is 10.4 Å². The molecule has 0 saturated heterocycles. The van der Waals surface area contributed by atoms with E-state index in [0.29, 0.717) is 15.8 Å². The Bertz CT molecular complexity index is 700. The van der Waals surface area contributed by atoms with E-state index in [1.54, 1.807) is 20.8 Å². The predicted octanol–water partition coefficient (Wildman–Crippen LogP) is 5.25. The molecular formula is C15H17BrFN3O3S. The third kappa shape index (κ3) is 5.81. The number of rotatable bonds is 5. The van der Waals surface area contributed by atoms with E-state index in [-0.39, 0.29) is 5.56 Å². The second kappa shape index (κ2) is 8.50. The van der Waals surface area contributed by atoms with Crippen molar-refractivity contribution in [2.45, 2.75) is 49.9 Å². The molecule has 1 unspecified atom stereocenters. The normalized spacial score (nSPS) is 12.2. The summed E-state index contributed by atoms with van der Waals surface area (Å²) in [6.45, 7) is 7.14. The van der Waals surface area contributed by atoms with Crippen LogP contribution >= 0.6 is 27.7 Å². The highest BCUT2D eigenvalue weighted by Gasteiger charge is 2.26. The predicted molar refractivity (Wildman–Crippen MR) is 93.4 cm³/mol. The van der Waals surface area contributed by atoms with Gasteiger partial charge in [-0.15, -0.1) is 11.8 Å². The minimum absolute atomic E-state index is 0.349. The Balaban J connectivity index is 3.12. The average molecular weight is 418 g/mol. The number of esters is 1. The van der Waals surface area contributed by atoms with Crippen LogP contribution in [0.1, 0.15) is 44.5 Å². The van der Waals surface area contributed by atoms with Crippen molar-refractivity contribution in [2.24, 2.45) is 5.11 Å². The van der Waals surface area contributed by atoms with Crippen LogP contribution in [-0.2, 0) is 9.53 Å². The van der Waals surface area contributed by atoms with E-state index in [1.165, 1.54) is 6.07 Å². The van der Waals surface area contributed by atoms with Crippen LogP contribution in [0.2, 0.25) is 0 Å². The lowest BCUT2D eigenvalue weighted by Crippen LogP contribution is -2.30. The highest BCUT2D eigenvalue weighted by molar-refractivity contribution is 9.10. The molecule has 130 valence electrons. The number of thioether (sulfide) groups is 1. The van der Waals surface area contributed by atoms with Gasteiger partial charge in [0.1, 0.15) is 16.7 Å². The van der Waals surface area contributed by atoms with Crippen LogP contribution in [0.5, 0.6) is 0 Å². The SMILES string of the molecule is CCC(Sc1cc(C(=O)N=[N+]=[N-])c(F)cc1Br)C(=O)OC(C)(C)C. The molecule has 0 spiro atoms. The molecule has 9 heteroatoms. The van der Waals surface area contributed by atoms with Crippen molar-refractivity contribution in [3.05, 3.63) is 38.4 Å². The molecule has 1 amide bonds. The fourth-order valence-electron chi connectivity index (χ4n) is 1.70. The molecule has 0 N–H and O–H groups in total. The standard InChI is InChI=1S/C15H17BrFN3O3S/c1-5-11(14(22)23-15(2,3)4)24-12-6-8(13(21)19-20-18)10(17)7-9(12)16/h6-7,11H,5H2,1-4H3. The summed E-state index contributed by atoms with van der Waals surface area (Å²) in [7, 11) is 0. The quantitative estimate of drug-likeness (QED) is 0.215. The van der Waals surface area contributed by atoms with Crippen LogP contribution in [0, 0.1) is 5.82 Å². The topological polar surface area (TPSA) is 92.1 Å². The highest BCUT2D eigenvalue weighted by atomic mass is 79.9. The number of ether oxygens (including phenoxy) is 1. The number of azide groups is 1. The lowest BCUT2D eigenvalue weighted by molar-refractivity contribution is -0.154. The summed E-state index contributed by atoms with van der Waals surface area (Å²) >= 11 is 4.36. The maximum absolute atomic E-state index is 13.9. The first-order valence-corrected chi connectivity index (χ1v) is 8.74. The average Bonchev–Trinajstić information content (AvgIpc) is 2.44. The van der Waals surface area contributed by atoms with Crippen molar-refractivity contribution >= 4 is 39.6 Å². The maximum atomic E-state index is 13.9. The minimum atomic E-state index is -1.02. The van der Waals surface area contributed by atoms with E-state index in [4.69, 9.17) is 10.3 Å². The largest absolute Gasteiger partial charge is 0.459 e. The van der Waals surface area contributed by atoms with Gasteiger partial charge in [0.25, 0.3) is 5.91 Å². The van der Waals surface area contributed by atoms with E-state index in [9.17, 15) is 14.0 Å². The van der Waals surface area contributed by atoms with Crippen LogP contribution in [0.15, 0.2) is 26.6 Å². The summed E-state index contributed by atoms with van der Waals surface area (Å²) in [5.74, 6) is -2.22. The summed E-state index contributed by atoms with van der Waals surface area (Å²) in [4.78, 5) is 26.7. The van der Waals surface area contributed by atoms with E-state index in [2.05, 4.69) is 26.0 Å². The number of amides is 1. The first kappa shape index (κ1) is 20.5. The van der Waals surface area contributed by atoms with E-state index >= 15 is 0 Å². The Morgan fingerprint density at radius 1 is 1.46 bits per heavy atom. The van der Waals surface area contributed by atoms with Crippen molar-refractivity contribution in [3.63, 3.8) is 0 Å². The van der Waals surface area contributed by atoms with Gasteiger partial charge in [-0.2, -0.15) is 0 Å². The third-order valence-electron chi connectivity index (χ3n) is 2.70. The van der Waals surface area contributed by atoms with Gasteiger partial charge in [-0.05, 0) is 65.9 Å². The number of carbonyl (C=O) groups excluding carboxylic acids is 2. The number of hydrogen-bond acceptors (Lipinski definition) is 4. The lowest BCUT2D eigenvalue weighted by atomic mass is 10.2. The van der Waals surface area contributed by atoms with Crippen molar-refractivity contribution in [1.29, 1.82) is 0 Å². The number of halogens is 2. The van der Waals surface area contributed by atoms with Gasteiger partial charge in [-0.25, -0.2) is 4.39 Å². The van der Waals surface area contributed by atoms with E-state index in [1.807, 2.05) is 6.92 Å². The van der Waals surface area contributed by atoms with Gasteiger partial charge in [-0.1, -0.05) is 6.92 Å². The Hall–Kier alpha value is -1.57. The summed E-state index contributed by atoms with van der Waals surface area (Å²) in [6.07, 6.45) is 0.489. The first-order valence-electron chi connectivity index (χ1n) is 7.07. The zero-order valence-corrected chi connectivity index (χ0v) is 16.1. The molecule has 1 aromatic carbocycles. The summed E-state index contributed by atoms with van der Waals surface area (Å²) in [5.41, 5.74) is 7.35. The molecule has 1 atom stereocenters. The molecule has 0 aliphatic heterocycles. The number of carbonyl (C=O) groups is 2. The summed E-state index contributed by atoms with van der Waals surface area (Å²) in [5, 5.41) is 2.37. The molecular weight excluding hydrogens is 401 g/mol. The van der Waals surface area contributed by atoms with Crippen LogP contribution in [-0.4, -0.2) is 22.7 Å². The molecule has 24 heavy (non-hydrogen) atoms. The fourth-order valence-corrected chi connectivity index (χ4v) is 3.27. The van der Waals surface area contributed by atoms with Gasteiger partial charge >= 0.3 is 5.97 Å². The third-order valence-corrected chi connectivity index (χ3v) is 5.02. The Morgan fingerprint density at radius 2 is 2.08 bits per heavy atom. The van der Waals surface area contributed by atoms with E-state index < -0.39 is 28.5 Å². The Kier molecular flexibility index (Phi) is 7.26. The van der Waals surface area contributed by atoms with Crippen molar-refractivity contribution < 1.29 is 18.7 Å². The molecule has 6 nitrogen and oxygen atoms in total. The highest BCUT2D eigenvalue weighted by Crippen LogP contribution is 2.35. The minimum Gasteiger partial charge on any atom is -0.459 e. The van der Waals surface area contributed by atoms with Gasteiger partial charge in [0.05, 0.1) is 5.56 Å². The zero-order valence-electron chi connectivity index (χ0n) is 13.7. The second-order valence-electron chi connectivity index (χ2n) is 5.81. The van der Waals surface area contributed by atoms with Crippen molar-refractivity contribution in [3.8, 4) is 0 Å². The number of benzene rings is 1. The van der Waals surface area contributed by atoms with Gasteiger partial charge < -0.3 is 4.74 Å². The number of hydrogen-bond donors (Lipinski definition) is 0. The molecule has 0 heterocycles. The van der Waals surface area contributed by atoms with E-state index in [0.717, 1.165) is 17.8 Å². The van der Waals surface area contributed by atoms with Gasteiger partial charge in [0.15, 0.2) is 0 Å². The van der Waals surface area contributed by atoms with Gasteiger partial charge in [-0.3, -0.25) is 9.59 Å². The first-order chi connectivity index (χ1) is 11.1. The Labute approximate surface area is 151 Å². The molecule has 1 rings (SSSR count). The second-order valence-corrected chi connectivity index (χ2v) is 7.90. The molecule has 0 radical (unpaired) electrons. The fraction of sp³-hybridized carbons (Fsp3) is 0.467. The maximum Gasteiger partial charge on any atom is 0.319 e. The molecule has 0 saturated carbocycles.